The van der Waals surface area contributed by atoms with Crippen molar-refractivity contribution in [1.29, 1.82) is 0 Å². The number of fused-ring (bicyclic) bond motifs is 1. The molecule has 1 atom stereocenters. The van der Waals surface area contributed by atoms with Gasteiger partial charge in [0.25, 0.3) is 0 Å². The maximum atomic E-state index is 5.84. The lowest BCUT2D eigenvalue weighted by atomic mass is 10.0. The van der Waals surface area contributed by atoms with Crippen LogP contribution in [0.3, 0.4) is 0 Å². The number of methoxy groups -OCH3 is 2. The second kappa shape index (κ2) is 12.0. The van der Waals surface area contributed by atoms with E-state index in [4.69, 9.17) is 14.5 Å². The predicted octanol–water partition coefficient (Wildman–Crippen LogP) is 4.68. The first-order valence-corrected chi connectivity index (χ1v) is 13.4. The van der Waals surface area contributed by atoms with Gasteiger partial charge in [-0.3, -0.25) is 4.90 Å². The highest BCUT2D eigenvalue weighted by atomic mass is 35.5. The van der Waals surface area contributed by atoms with Crippen molar-refractivity contribution in [2.45, 2.75) is 12.6 Å². The standard InChI is InChI=1S/C28H29N7O2S.ClH/c1-36-21-12-13-22(24(18-21)37-2)26(27-30-31-32-35(27)19-20-8-4-3-5-9-20)33-14-16-34(17-15-33)28-29-23-10-6-7-11-25(23)38-28;/h3-13,18,26H,14-17,19H2,1-2H3;1H. The van der Waals surface area contributed by atoms with Crippen LogP contribution in [-0.2, 0) is 6.54 Å². The fraction of sp³-hybridized carbons (Fsp3) is 0.286. The van der Waals surface area contributed by atoms with Crippen molar-refractivity contribution in [3.8, 4) is 11.5 Å². The van der Waals surface area contributed by atoms with E-state index in [0.717, 1.165) is 65.3 Å². The summed E-state index contributed by atoms with van der Waals surface area (Å²) in [7, 11) is 3.35. The molecular weight excluding hydrogens is 534 g/mol. The van der Waals surface area contributed by atoms with E-state index in [1.54, 1.807) is 25.6 Å². The van der Waals surface area contributed by atoms with Gasteiger partial charge >= 0.3 is 0 Å². The molecule has 6 rings (SSSR count). The smallest absolute Gasteiger partial charge is 0.186 e. The molecule has 0 N–H and O–H groups in total. The van der Waals surface area contributed by atoms with E-state index < -0.39 is 0 Å². The molecule has 0 radical (unpaired) electrons. The van der Waals surface area contributed by atoms with E-state index in [9.17, 15) is 0 Å². The number of aromatic nitrogens is 5. The number of thiazole rings is 1. The van der Waals surface area contributed by atoms with Crippen molar-refractivity contribution in [3.05, 3.63) is 89.7 Å². The van der Waals surface area contributed by atoms with Crippen molar-refractivity contribution < 1.29 is 9.47 Å². The van der Waals surface area contributed by atoms with Gasteiger partial charge in [0.1, 0.15) is 17.5 Å². The van der Waals surface area contributed by atoms with Gasteiger partial charge in [-0.05, 0) is 40.3 Å². The van der Waals surface area contributed by atoms with Crippen LogP contribution in [-0.4, -0.2) is 70.5 Å². The van der Waals surface area contributed by atoms with E-state index in [2.05, 4.69) is 61.7 Å². The van der Waals surface area contributed by atoms with Gasteiger partial charge in [0.05, 0.1) is 31.0 Å². The summed E-state index contributed by atoms with van der Waals surface area (Å²) in [5.74, 6) is 2.27. The van der Waals surface area contributed by atoms with Crippen LogP contribution in [0.25, 0.3) is 10.2 Å². The van der Waals surface area contributed by atoms with Crippen LogP contribution >= 0.6 is 23.7 Å². The minimum Gasteiger partial charge on any atom is -0.497 e. The third-order valence-electron chi connectivity index (χ3n) is 6.95. The topological polar surface area (TPSA) is 81.4 Å². The van der Waals surface area contributed by atoms with E-state index in [1.165, 1.54) is 4.70 Å². The van der Waals surface area contributed by atoms with Crippen LogP contribution in [0, 0.1) is 0 Å². The summed E-state index contributed by atoms with van der Waals surface area (Å²) in [5, 5.41) is 14.1. The van der Waals surface area contributed by atoms with Crippen LogP contribution in [0.2, 0.25) is 0 Å². The van der Waals surface area contributed by atoms with Crippen molar-refractivity contribution in [1.82, 2.24) is 30.1 Å². The average molecular weight is 564 g/mol. The maximum Gasteiger partial charge on any atom is 0.186 e. The maximum absolute atomic E-state index is 5.84. The number of nitrogens with zero attached hydrogens (tertiary/aromatic N) is 7. The second-order valence-corrected chi connectivity index (χ2v) is 10.2. The molecule has 11 heteroatoms. The Balaban J connectivity index is 0.00000308. The Morgan fingerprint density at radius 1 is 0.897 bits per heavy atom. The lowest BCUT2D eigenvalue weighted by molar-refractivity contribution is 0.198. The second-order valence-electron chi connectivity index (χ2n) is 9.18. The largest absolute Gasteiger partial charge is 0.497 e. The van der Waals surface area contributed by atoms with E-state index >= 15 is 0 Å². The Morgan fingerprint density at radius 2 is 1.67 bits per heavy atom. The van der Waals surface area contributed by atoms with Gasteiger partial charge in [0.2, 0.25) is 0 Å². The van der Waals surface area contributed by atoms with E-state index in [1.807, 2.05) is 41.1 Å². The lowest BCUT2D eigenvalue weighted by Gasteiger charge is -2.39. The lowest BCUT2D eigenvalue weighted by Crippen LogP contribution is -2.48. The number of benzene rings is 3. The average Bonchev–Trinajstić information content (AvgIpc) is 3.61. The molecule has 0 amide bonds. The molecule has 202 valence electrons. The van der Waals surface area contributed by atoms with Crippen LogP contribution < -0.4 is 14.4 Å². The Labute approximate surface area is 237 Å². The molecule has 0 aliphatic carbocycles. The number of ether oxygens (including phenoxy) is 2. The summed E-state index contributed by atoms with van der Waals surface area (Å²) >= 11 is 1.75. The molecule has 1 aliphatic rings. The predicted molar refractivity (Wildman–Crippen MR) is 155 cm³/mol. The number of para-hydroxylation sites is 1. The third-order valence-corrected chi connectivity index (χ3v) is 8.04. The molecule has 1 saturated heterocycles. The molecule has 1 fully saturated rings. The molecule has 3 heterocycles. The summed E-state index contributed by atoms with van der Waals surface area (Å²) in [6, 6.07) is 24.3. The monoisotopic (exact) mass is 563 g/mol. The van der Waals surface area contributed by atoms with Crippen molar-refractivity contribution in [2.75, 3.05) is 45.3 Å². The molecule has 0 saturated carbocycles. The van der Waals surface area contributed by atoms with Gasteiger partial charge in [-0.25, -0.2) is 9.67 Å². The third kappa shape index (κ3) is 5.54. The molecule has 0 bridgehead atoms. The van der Waals surface area contributed by atoms with E-state index in [0.29, 0.717) is 6.54 Å². The number of hydrogen-bond donors (Lipinski definition) is 0. The Hall–Kier alpha value is -3.73. The minimum absolute atomic E-state index is 0. The van der Waals surface area contributed by atoms with Gasteiger partial charge in [0.15, 0.2) is 11.0 Å². The summed E-state index contributed by atoms with van der Waals surface area (Å²) in [6.45, 7) is 3.95. The molecule has 0 spiro atoms. The first-order chi connectivity index (χ1) is 18.7. The van der Waals surface area contributed by atoms with Gasteiger partial charge < -0.3 is 14.4 Å². The summed E-state index contributed by atoms with van der Waals surface area (Å²) in [5.41, 5.74) is 3.20. The van der Waals surface area contributed by atoms with Crippen molar-refractivity contribution >= 4 is 39.1 Å². The molecule has 2 aromatic heterocycles. The molecular formula is C28H30ClN7O2S. The number of tetrazole rings is 1. The number of hydrogen-bond acceptors (Lipinski definition) is 9. The number of rotatable bonds is 8. The van der Waals surface area contributed by atoms with E-state index in [-0.39, 0.29) is 18.4 Å². The minimum atomic E-state index is -0.188. The van der Waals surface area contributed by atoms with Crippen LogP contribution in [0.4, 0.5) is 5.13 Å². The highest BCUT2D eigenvalue weighted by Crippen LogP contribution is 2.37. The van der Waals surface area contributed by atoms with Crippen LogP contribution in [0.5, 0.6) is 11.5 Å². The zero-order valence-corrected chi connectivity index (χ0v) is 23.4. The quantitative estimate of drug-likeness (QED) is 0.269. The van der Waals surface area contributed by atoms with Gasteiger partial charge in [-0.1, -0.05) is 53.8 Å². The first-order valence-electron chi connectivity index (χ1n) is 12.6. The van der Waals surface area contributed by atoms with Crippen molar-refractivity contribution in [2.24, 2.45) is 0 Å². The Bertz CT molecular complexity index is 1490. The molecule has 9 nitrogen and oxygen atoms in total. The van der Waals surface area contributed by atoms with Crippen LogP contribution in [0.15, 0.2) is 72.8 Å². The van der Waals surface area contributed by atoms with Crippen LogP contribution in [0.1, 0.15) is 23.0 Å². The number of halogens is 1. The normalized spacial score (nSPS) is 14.7. The number of piperazine rings is 1. The number of anilines is 1. The van der Waals surface area contributed by atoms with Gasteiger partial charge in [0, 0.05) is 37.8 Å². The zero-order chi connectivity index (χ0) is 25.9. The molecule has 3 aromatic carbocycles. The molecule has 1 unspecified atom stereocenters. The zero-order valence-electron chi connectivity index (χ0n) is 21.8. The van der Waals surface area contributed by atoms with Gasteiger partial charge in [-0.15, -0.1) is 17.5 Å². The molecule has 39 heavy (non-hydrogen) atoms. The fourth-order valence-electron chi connectivity index (χ4n) is 4.99. The Morgan fingerprint density at radius 3 is 2.41 bits per heavy atom. The first kappa shape index (κ1) is 26.9. The summed E-state index contributed by atoms with van der Waals surface area (Å²) in [4.78, 5) is 9.68. The SMILES string of the molecule is COc1ccc(C(c2nnnn2Cc2ccccc2)N2CCN(c3nc4ccccc4s3)CC2)c(OC)c1.Cl. The molecule has 5 aromatic rings. The Kier molecular flexibility index (Phi) is 8.25. The van der Waals surface area contributed by atoms with Gasteiger partial charge in [-0.2, -0.15) is 0 Å². The molecule has 1 aliphatic heterocycles. The summed E-state index contributed by atoms with van der Waals surface area (Å²) in [6.07, 6.45) is 0. The fourth-order valence-corrected chi connectivity index (χ4v) is 6.00. The highest BCUT2D eigenvalue weighted by Gasteiger charge is 2.33. The highest BCUT2D eigenvalue weighted by molar-refractivity contribution is 7.22. The van der Waals surface area contributed by atoms with Crippen molar-refractivity contribution in [3.63, 3.8) is 0 Å². The summed E-state index contributed by atoms with van der Waals surface area (Å²) < 4.78 is 14.4.